The fourth-order valence-electron chi connectivity index (χ4n) is 7.95. The van der Waals surface area contributed by atoms with Gasteiger partial charge in [0.2, 0.25) is 0 Å². The van der Waals surface area contributed by atoms with E-state index >= 15 is 0 Å². The van der Waals surface area contributed by atoms with Crippen molar-refractivity contribution in [2.24, 2.45) is 0 Å². The molecule has 0 bridgehead atoms. The lowest BCUT2D eigenvalue weighted by molar-refractivity contribution is -0.167. The maximum atomic E-state index is 12.8. The van der Waals surface area contributed by atoms with Crippen molar-refractivity contribution in [1.29, 1.82) is 0 Å². The van der Waals surface area contributed by atoms with Gasteiger partial charge in [0.15, 0.2) is 6.10 Å². The summed E-state index contributed by atoms with van der Waals surface area (Å²) in [5.41, 5.74) is 0. The molecular weight excluding hydrogens is 817 g/mol. The third kappa shape index (κ3) is 52.1. The van der Waals surface area contributed by atoms with Crippen LogP contribution in [0.15, 0.2) is 60.8 Å². The van der Waals surface area contributed by atoms with E-state index in [1.807, 2.05) is 0 Å². The monoisotopic (exact) mass is 923 g/mol. The SMILES string of the molecule is CCCCC/C=C\C/C=C\C/C=C\CCCCCCCCC(=O)OC[C@@H](COC(=O)CCCCCCCCCCCC)OC(=O)CCCCCCCCCCC/C=C\C/C=C\CCCCC. The molecule has 0 unspecified atom stereocenters. The van der Waals surface area contributed by atoms with Crippen LogP contribution in [0.3, 0.4) is 0 Å². The van der Waals surface area contributed by atoms with Crippen molar-refractivity contribution in [3.05, 3.63) is 60.8 Å². The molecule has 0 radical (unpaired) electrons. The summed E-state index contributed by atoms with van der Waals surface area (Å²) >= 11 is 0. The van der Waals surface area contributed by atoms with Gasteiger partial charge < -0.3 is 14.2 Å². The summed E-state index contributed by atoms with van der Waals surface area (Å²) < 4.78 is 16.8. The number of ether oxygens (including phenoxy) is 3. The van der Waals surface area contributed by atoms with E-state index in [9.17, 15) is 14.4 Å². The molecule has 0 saturated carbocycles. The van der Waals surface area contributed by atoms with Crippen molar-refractivity contribution in [3.8, 4) is 0 Å². The van der Waals surface area contributed by atoms with Crippen LogP contribution in [0, 0.1) is 0 Å². The van der Waals surface area contributed by atoms with Crippen LogP contribution in [0.1, 0.15) is 284 Å². The molecule has 6 heteroatoms. The molecular formula is C60H106O6. The van der Waals surface area contributed by atoms with Crippen LogP contribution in [0.4, 0.5) is 0 Å². The first-order valence-corrected chi connectivity index (χ1v) is 28.3. The molecule has 0 heterocycles. The molecule has 0 spiro atoms. The van der Waals surface area contributed by atoms with Gasteiger partial charge in [-0.25, -0.2) is 0 Å². The summed E-state index contributed by atoms with van der Waals surface area (Å²) in [5.74, 6) is -0.888. The Hall–Kier alpha value is -2.89. The van der Waals surface area contributed by atoms with E-state index in [2.05, 4.69) is 81.5 Å². The fourth-order valence-corrected chi connectivity index (χ4v) is 7.95. The van der Waals surface area contributed by atoms with Gasteiger partial charge in [-0.1, -0.05) is 236 Å². The minimum Gasteiger partial charge on any atom is -0.462 e. The molecule has 0 aliphatic carbocycles. The van der Waals surface area contributed by atoms with Gasteiger partial charge in [-0.05, 0) is 89.9 Å². The Morgan fingerprint density at radius 3 is 0.879 bits per heavy atom. The summed E-state index contributed by atoms with van der Waals surface area (Å²) in [6.45, 7) is 6.58. The van der Waals surface area contributed by atoms with Gasteiger partial charge >= 0.3 is 17.9 Å². The standard InChI is InChI=1S/C60H106O6/c1-4-7-10-13-16-19-22-24-26-28-30-32-34-36-38-41-44-47-50-53-59(62)65-56-57(55-64-58(61)52-49-46-43-40-21-18-15-12-9-6-3)66-60(63)54-51-48-45-42-39-37-35-33-31-29-27-25-23-20-17-14-11-8-5-2/h16-17,19-20,24-27,30,32,57H,4-15,18,21-23,28-29,31,33-56H2,1-3H3/b19-16-,20-17-,26-24-,27-25-,32-30-/t57-/m1/s1. The van der Waals surface area contributed by atoms with E-state index in [-0.39, 0.29) is 31.1 Å². The lowest BCUT2D eigenvalue weighted by Gasteiger charge is -2.18. The van der Waals surface area contributed by atoms with Crippen LogP contribution in [-0.4, -0.2) is 37.2 Å². The van der Waals surface area contributed by atoms with Crippen LogP contribution in [0.5, 0.6) is 0 Å². The number of carbonyl (C=O) groups excluding carboxylic acids is 3. The average molecular weight is 924 g/mol. The highest BCUT2D eigenvalue weighted by Gasteiger charge is 2.19. The molecule has 1 atom stereocenters. The molecule has 0 N–H and O–H groups in total. The van der Waals surface area contributed by atoms with Gasteiger partial charge in [0, 0.05) is 19.3 Å². The summed E-state index contributed by atoms with van der Waals surface area (Å²) in [4.78, 5) is 38.1. The third-order valence-electron chi connectivity index (χ3n) is 12.2. The first-order valence-electron chi connectivity index (χ1n) is 28.3. The Balaban J connectivity index is 4.34. The first-order chi connectivity index (χ1) is 32.5. The Morgan fingerprint density at radius 2 is 0.545 bits per heavy atom. The summed E-state index contributed by atoms with van der Waals surface area (Å²) in [6.07, 6.45) is 67.8. The van der Waals surface area contributed by atoms with Crippen LogP contribution < -0.4 is 0 Å². The van der Waals surface area contributed by atoms with Crippen molar-refractivity contribution >= 4 is 17.9 Å². The van der Waals surface area contributed by atoms with Crippen molar-refractivity contribution < 1.29 is 28.6 Å². The summed E-state index contributed by atoms with van der Waals surface area (Å²) in [6, 6.07) is 0. The Morgan fingerprint density at radius 1 is 0.303 bits per heavy atom. The molecule has 382 valence electrons. The maximum absolute atomic E-state index is 12.8. The smallest absolute Gasteiger partial charge is 0.306 e. The van der Waals surface area contributed by atoms with Crippen molar-refractivity contribution in [2.75, 3.05) is 13.2 Å². The van der Waals surface area contributed by atoms with E-state index in [4.69, 9.17) is 14.2 Å². The van der Waals surface area contributed by atoms with E-state index in [0.717, 1.165) is 83.5 Å². The van der Waals surface area contributed by atoms with Crippen molar-refractivity contribution in [1.82, 2.24) is 0 Å². The number of unbranched alkanes of at least 4 members (excludes halogenated alkanes) is 30. The van der Waals surface area contributed by atoms with Gasteiger partial charge in [0.1, 0.15) is 13.2 Å². The molecule has 0 aliphatic heterocycles. The van der Waals surface area contributed by atoms with E-state index in [1.54, 1.807) is 0 Å². The topological polar surface area (TPSA) is 78.9 Å². The number of esters is 3. The van der Waals surface area contributed by atoms with Crippen molar-refractivity contribution in [2.45, 2.75) is 290 Å². The van der Waals surface area contributed by atoms with Gasteiger partial charge in [0.05, 0.1) is 0 Å². The third-order valence-corrected chi connectivity index (χ3v) is 12.2. The lowest BCUT2D eigenvalue weighted by Crippen LogP contribution is -2.30. The van der Waals surface area contributed by atoms with Crippen molar-refractivity contribution in [3.63, 3.8) is 0 Å². The average Bonchev–Trinajstić information content (AvgIpc) is 3.31. The van der Waals surface area contributed by atoms with E-state index in [1.165, 1.54) is 161 Å². The van der Waals surface area contributed by atoms with E-state index in [0.29, 0.717) is 19.3 Å². The molecule has 0 aromatic heterocycles. The van der Waals surface area contributed by atoms with Crippen LogP contribution >= 0.6 is 0 Å². The first kappa shape index (κ1) is 63.1. The molecule has 0 aliphatic rings. The zero-order chi connectivity index (χ0) is 47.9. The molecule has 66 heavy (non-hydrogen) atoms. The maximum Gasteiger partial charge on any atom is 0.306 e. The predicted octanol–water partition coefficient (Wildman–Crippen LogP) is 18.8. The molecule has 0 aromatic carbocycles. The predicted molar refractivity (Wildman–Crippen MR) is 284 cm³/mol. The van der Waals surface area contributed by atoms with Gasteiger partial charge in [0.25, 0.3) is 0 Å². The number of allylic oxidation sites excluding steroid dienone is 10. The number of carbonyl (C=O) groups is 3. The van der Waals surface area contributed by atoms with Gasteiger partial charge in [-0.2, -0.15) is 0 Å². The zero-order valence-corrected chi connectivity index (χ0v) is 43.7. The molecule has 6 nitrogen and oxygen atoms in total. The number of hydrogen-bond donors (Lipinski definition) is 0. The summed E-state index contributed by atoms with van der Waals surface area (Å²) in [7, 11) is 0. The van der Waals surface area contributed by atoms with Crippen LogP contribution in [0.2, 0.25) is 0 Å². The molecule has 0 aromatic rings. The fraction of sp³-hybridized carbons (Fsp3) is 0.783. The highest BCUT2D eigenvalue weighted by Crippen LogP contribution is 2.15. The molecule has 0 amide bonds. The largest absolute Gasteiger partial charge is 0.462 e. The normalized spacial score (nSPS) is 12.5. The second kappa shape index (κ2) is 54.7. The minimum atomic E-state index is -0.780. The second-order valence-electron chi connectivity index (χ2n) is 18.8. The Bertz CT molecular complexity index is 1200. The molecule has 0 saturated heterocycles. The van der Waals surface area contributed by atoms with Gasteiger partial charge in [-0.3, -0.25) is 14.4 Å². The van der Waals surface area contributed by atoms with E-state index < -0.39 is 6.10 Å². The number of rotatable bonds is 51. The quantitative estimate of drug-likeness (QED) is 0.0262. The highest BCUT2D eigenvalue weighted by atomic mass is 16.6. The zero-order valence-electron chi connectivity index (χ0n) is 43.7. The minimum absolute atomic E-state index is 0.0782. The molecule has 0 rings (SSSR count). The Labute approximate surface area is 409 Å². The highest BCUT2D eigenvalue weighted by molar-refractivity contribution is 5.71. The second-order valence-corrected chi connectivity index (χ2v) is 18.8. The number of hydrogen-bond acceptors (Lipinski definition) is 6. The Kier molecular flexibility index (Phi) is 52.3. The van der Waals surface area contributed by atoms with Crippen LogP contribution in [0.25, 0.3) is 0 Å². The van der Waals surface area contributed by atoms with Gasteiger partial charge in [-0.15, -0.1) is 0 Å². The molecule has 0 fully saturated rings. The lowest BCUT2D eigenvalue weighted by atomic mass is 10.1. The summed E-state index contributed by atoms with van der Waals surface area (Å²) in [5, 5.41) is 0. The van der Waals surface area contributed by atoms with Crippen LogP contribution in [-0.2, 0) is 28.6 Å².